The van der Waals surface area contributed by atoms with Gasteiger partial charge in [-0.1, -0.05) is 18.2 Å². The third-order valence-electron chi connectivity index (χ3n) is 2.76. The predicted octanol–water partition coefficient (Wildman–Crippen LogP) is 5.36. The molecule has 2 rings (SSSR count). The van der Waals surface area contributed by atoms with Gasteiger partial charge in [0.25, 0.3) is 0 Å². The van der Waals surface area contributed by atoms with E-state index in [0.717, 1.165) is 22.2 Å². The zero-order chi connectivity index (χ0) is 14.8. The predicted molar refractivity (Wildman–Crippen MR) is 74.7 cm³/mol. The Morgan fingerprint density at radius 3 is 2.25 bits per heavy atom. The Hall–Kier alpha value is -1.49. The molecule has 0 unspecified atom stereocenters. The Balaban J connectivity index is 2.04. The molecule has 20 heavy (non-hydrogen) atoms. The van der Waals surface area contributed by atoms with Crippen LogP contribution in [0.5, 0.6) is 5.75 Å². The molecule has 2 aromatic carbocycles. The fraction of sp³-hybridized carbons (Fsp3) is 0.200. The Bertz CT molecular complexity index is 591. The first-order chi connectivity index (χ1) is 9.36. The van der Waals surface area contributed by atoms with Crippen molar-refractivity contribution in [3.8, 4) is 5.75 Å². The van der Waals surface area contributed by atoms with Gasteiger partial charge in [-0.2, -0.15) is 13.2 Å². The molecule has 0 aliphatic carbocycles. The second-order valence-electron chi connectivity index (χ2n) is 4.42. The lowest BCUT2D eigenvalue weighted by atomic mass is 10.1. The minimum atomic E-state index is -4.31. The van der Waals surface area contributed by atoms with Crippen LogP contribution in [-0.2, 0) is 12.8 Å². The quantitative estimate of drug-likeness (QED) is 0.728. The maximum atomic E-state index is 12.4. The number of rotatable bonds is 3. The van der Waals surface area contributed by atoms with Gasteiger partial charge in [0.1, 0.15) is 12.4 Å². The van der Waals surface area contributed by atoms with Crippen LogP contribution in [0.1, 0.15) is 16.7 Å². The van der Waals surface area contributed by atoms with Gasteiger partial charge in [0.05, 0.1) is 10.0 Å². The Morgan fingerprint density at radius 2 is 1.70 bits per heavy atom. The van der Waals surface area contributed by atoms with Crippen LogP contribution in [-0.4, -0.2) is 0 Å². The normalized spacial score (nSPS) is 11.4. The molecule has 2 aromatic rings. The second-order valence-corrected chi connectivity index (χ2v) is 5.27. The first-order valence-electron chi connectivity index (χ1n) is 5.91. The molecular formula is C15H12BrF3O. The molecule has 1 nitrogen and oxygen atoms in total. The molecule has 0 amide bonds. The van der Waals surface area contributed by atoms with Crippen LogP contribution in [0, 0.1) is 6.92 Å². The number of hydrogen-bond donors (Lipinski definition) is 0. The van der Waals surface area contributed by atoms with E-state index in [1.54, 1.807) is 0 Å². The number of halogens is 4. The highest BCUT2D eigenvalue weighted by molar-refractivity contribution is 9.10. The van der Waals surface area contributed by atoms with Crippen molar-refractivity contribution < 1.29 is 17.9 Å². The van der Waals surface area contributed by atoms with Crippen molar-refractivity contribution in [1.29, 1.82) is 0 Å². The summed E-state index contributed by atoms with van der Waals surface area (Å²) in [7, 11) is 0. The Kier molecular flexibility index (Phi) is 4.38. The fourth-order valence-corrected chi connectivity index (χ4v) is 2.28. The van der Waals surface area contributed by atoms with Gasteiger partial charge in [-0.15, -0.1) is 0 Å². The highest BCUT2D eigenvalue weighted by Crippen LogP contribution is 2.30. The molecule has 0 aliphatic heterocycles. The van der Waals surface area contributed by atoms with Gasteiger partial charge in [0, 0.05) is 0 Å². The zero-order valence-corrected chi connectivity index (χ0v) is 12.3. The first-order valence-corrected chi connectivity index (χ1v) is 6.70. The van der Waals surface area contributed by atoms with Crippen LogP contribution in [0.2, 0.25) is 0 Å². The van der Waals surface area contributed by atoms with E-state index in [0.29, 0.717) is 11.3 Å². The molecule has 0 saturated heterocycles. The average Bonchev–Trinajstić information content (AvgIpc) is 2.37. The number of alkyl halides is 3. The summed E-state index contributed by atoms with van der Waals surface area (Å²) >= 11 is 3.38. The molecule has 5 heteroatoms. The maximum Gasteiger partial charge on any atom is 0.416 e. The third kappa shape index (κ3) is 3.76. The molecule has 0 spiro atoms. The van der Waals surface area contributed by atoms with Gasteiger partial charge in [0.2, 0.25) is 0 Å². The summed E-state index contributed by atoms with van der Waals surface area (Å²) in [5.74, 6) is 0.662. The lowest BCUT2D eigenvalue weighted by molar-refractivity contribution is -0.137. The van der Waals surface area contributed by atoms with Crippen LogP contribution in [0.4, 0.5) is 13.2 Å². The van der Waals surface area contributed by atoms with Crippen LogP contribution in [0.25, 0.3) is 0 Å². The molecule has 0 aliphatic rings. The largest absolute Gasteiger partial charge is 0.488 e. The van der Waals surface area contributed by atoms with Crippen LogP contribution in [0.15, 0.2) is 46.9 Å². The van der Waals surface area contributed by atoms with Crippen molar-refractivity contribution in [3.05, 3.63) is 63.6 Å². The van der Waals surface area contributed by atoms with Crippen molar-refractivity contribution in [2.45, 2.75) is 19.7 Å². The highest BCUT2D eigenvalue weighted by Gasteiger charge is 2.29. The van der Waals surface area contributed by atoms with Crippen LogP contribution in [0.3, 0.4) is 0 Å². The zero-order valence-electron chi connectivity index (χ0n) is 10.7. The molecule has 106 valence electrons. The highest BCUT2D eigenvalue weighted by atomic mass is 79.9. The summed E-state index contributed by atoms with van der Waals surface area (Å²) in [4.78, 5) is 0. The average molecular weight is 345 g/mol. The molecule has 0 bridgehead atoms. The van der Waals surface area contributed by atoms with Crippen molar-refractivity contribution in [2.75, 3.05) is 0 Å². The maximum absolute atomic E-state index is 12.4. The molecule has 0 aromatic heterocycles. The molecule has 0 radical (unpaired) electrons. The van der Waals surface area contributed by atoms with E-state index in [1.807, 2.05) is 25.1 Å². The number of benzene rings is 2. The Labute approximate surface area is 123 Å². The molecule has 0 heterocycles. The van der Waals surface area contributed by atoms with Gasteiger partial charge in [-0.25, -0.2) is 0 Å². The van der Waals surface area contributed by atoms with E-state index in [4.69, 9.17) is 4.74 Å². The van der Waals surface area contributed by atoms with E-state index < -0.39 is 11.7 Å². The second kappa shape index (κ2) is 5.87. The SMILES string of the molecule is Cc1ccc(OCc2ccc(C(F)(F)F)cc2)c(Br)c1. The smallest absolute Gasteiger partial charge is 0.416 e. The molecule has 0 N–H and O–H groups in total. The monoisotopic (exact) mass is 344 g/mol. The summed E-state index contributed by atoms with van der Waals surface area (Å²) < 4.78 is 43.7. The van der Waals surface area contributed by atoms with E-state index in [9.17, 15) is 13.2 Å². The summed E-state index contributed by atoms with van der Waals surface area (Å²) in [5, 5.41) is 0. The summed E-state index contributed by atoms with van der Waals surface area (Å²) in [6, 6.07) is 10.6. The van der Waals surface area contributed by atoms with E-state index in [-0.39, 0.29) is 6.61 Å². The van der Waals surface area contributed by atoms with Gasteiger partial charge in [-0.3, -0.25) is 0 Å². The minimum absolute atomic E-state index is 0.222. The standard InChI is InChI=1S/C15H12BrF3O/c1-10-2-7-14(13(16)8-10)20-9-11-3-5-12(6-4-11)15(17,18)19/h2-8H,9H2,1H3. The number of hydrogen-bond acceptors (Lipinski definition) is 1. The van der Waals surface area contributed by atoms with Gasteiger partial charge >= 0.3 is 6.18 Å². The van der Waals surface area contributed by atoms with Gasteiger partial charge in [-0.05, 0) is 58.2 Å². The van der Waals surface area contributed by atoms with Gasteiger partial charge in [0.15, 0.2) is 0 Å². The van der Waals surface area contributed by atoms with Crippen molar-refractivity contribution in [2.24, 2.45) is 0 Å². The van der Waals surface area contributed by atoms with Crippen molar-refractivity contribution >= 4 is 15.9 Å². The number of ether oxygens (including phenoxy) is 1. The third-order valence-corrected chi connectivity index (χ3v) is 3.38. The molecule has 0 fully saturated rings. The van der Waals surface area contributed by atoms with Crippen LogP contribution >= 0.6 is 15.9 Å². The van der Waals surface area contributed by atoms with E-state index in [1.165, 1.54) is 12.1 Å². The van der Waals surface area contributed by atoms with Crippen molar-refractivity contribution in [1.82, 2.24) is 0 Å². The summed E-state index contributed by atoms with van der Waals surface area (Å²) in [6.45, 7) is 2.18. The lowest BCUT2D eigenvalue weighted by Crippen LogP contribution is -2.05. The first kappa shape index (κ1) is 14.9. The van der Waals surface area contributed by atoms with Crippen LogP contribution < -0.4 is 4.74 Å². The molecule has 0 atom stereocenters. The molecule has 0 saturated carbocycles. The Morgan fingerprint density at radius 1 is 1.05 bits per heavy atom. The van der Waals surface area contributed by atoms with Gasteiger partial charge < -0.3 is 4.74 Å². The summed E-state index contributed by atoms with van der Waals surface area (Å²) in [6.07, 6.45) is -4.31. The summed E-state index contributed by atoms with van der Waals surface area (Å²) in [5.41, 5.74) is 1.13. The lowest BCUT2D eigenvalue weighted by Gasteiger charge is -2.10. The molecular weight excluding hydrogens is 333 g/mol. The van der Waals surface area contributed by atoms with Crippen molar-refractivity contribution in [3.63, 3.8) is 0 Å². The van der Waals surface area contributed by atoms with E-state index >= 15 is 0 Å². The fourth-order valence-electron chi connectivity index (χ4n) is 1.67. The minimum Gasteiger partial charge on any atom is -0.488 e. The van der Waals surface area contributed by atoms with E-state index in [2.05, 4.69) is 15.9 Å². The topological polar surface area (TPSA) is 9.23 Å². The number of aryl methyl sites for hydroxylation is 1.